The summed E-state index contributed by atoms with van der Waals surface area (Å²) >= 11 is 0. The molecule has 0 radical (unpaired) electrons. The molecule has 30 heavy (non-hydrogen) atoms. The molecule has 11 heteroatoms. The Hall–Kier alpha value is -2.92. The number of methoxy groups -OCH3 is 1. The number of nitrogens with one attached hydrogen (secondary N) is 1. The molecule has 1 aliphatic rings. The lowest BCUT2D eigenvalue weighted by atomic mass is 10.1. The molecule has 1 amide bonds. The number of rotatable bonds is 6. The molecule has 2 aromatic rings. The van der Waals surface area contributed by atoms with Crippen LogP contribution < -0.4 is 13.8 Å². The second-order valence-corrected chi connectivity index (χ2v) is 10.4. The summed E-state index contributed by atoms with van der Waals surface area (Å²) < 4.78 is 58.8. The van der Waals surface area contributed by atoms with Crippen molar-refractivity contribution in [1.29, 1.82) is 0 Å². The zero-order valence-electron chi connectivity index (χ0n) is 16.4. The van der Waals surface area contributed by atoms with Gasteiger partial charge < -0.3 is 4.74 Å². The monoisotopic (exact) mass is 452 g/mol. The summed E-state index contributed by atoms with van der Waals surface area (Å²) in [6.07, 6.45) is 0. The van der Waals surface area contributed by atoms with E-state index in [4.69, 9.17) is 4.74 Å². The summed E-state index contributed by atoms with van der Waals surface area (Å²) in [6, 6.07) is 9.58. The van der Waals surface area contributed by atoms with Crippen LogP contribution in [-0.2, 0) is 24.8 Å². The maximum atomic E-state index is 13.0. The van der Waals surface area contributed by atoms with Crippen molar-refractivity contribution in [2.24, 2.45) is 5.92 Å². The van der Waals surface area contributed by atoms with Crippen LogP contribution in [0.1, 0.15) is 24.2 Å². The maximum absolute atomic E-state index is 13.0. The quantitative estimate of drug-likeness (QED) is 0.664. The van der Waals surface area contributed by atoms with Crippen LogP contribution in [0.3, 0.4) is 0 Å². The van der Waals surface area contributed by atoms with E-state index in [0.29, 0.717) is 9.87 Å². The highest BCUT2D eigenvalue weighted by molar-refractivity contribution is 7.94. The fraction of sp³-hybridized carbons (Fsp3) is 0.263. The lowest BCUT2D eigenvalue weighted by molar-refractivity contribution is -0.119. The Morgan fingerprint density at radius 3 is 2.47 bits per heavy atom. The zero-order chi connectivity index (χ0) is 22.3. The molecule has 1 saturated heterocycles. The minimum absolute atomic E-state index is 0.0361. The van der Waals surface area contributed by atoms with Crippen LogP contribution in [0.5, 0.6) is 5.75 Å². The Bertz CT molecular complexity index is 1240. The van der Waals surface area contributed by atoms with Crippen molar-refractivity contribution >= 4 is 43.1 Å². The number of ether oxygens (including phenoxy) is 1. The first kappa shape index (κ1) is 21.8. The number of amides is 1. The number of sulfonamides is 2. The Morgan fingerprint density at radius 2 is 1.90 bits per heavy atom. The number of anilines is 2. The first-order valence-corrected chi connectivity index (χ1v) is 11.9. The first-order chi connectivity index (χ1) is 14.0. The van der Waals surface area contributed by atoms with Gasteiger partial charge in [0.05, 0.1) is 24.5 Å². The predicted molar refractivity (Wildman–Crippen MR) is 111 cm³/mol. The number of nitrogens with zero attached hydrogens (tertiary/aromatic N) is 1. The maximum Gasteiger partial charge on any atom is 0.265 e. The van der Waals surface area contributed by atoms with Gasteiger partial charge in [-0.05, 0) is 37.3 Å². The van der Waals surface area contributed by atoms with Crippen molar-refractivity contribution in [2.45, 2.75) is 18.7 Å². The van der Waals surface area contributed by atoms with Gasteiger partial charge in [0, 0.05) is 11.3 Å². The molecule has 0 spiro atoms. The van der Waals surface area contributed by atoms with Crippen molar-refractivity contribution in [2.75, 3.05) is 21.9 Å². The van der Waals surface area contributed by atoms with Crippen molar-refractivity contribution < 1.29 is 31.2 Å². The zero-order valence-corrected chi connectivity index (χ0v) is 18.1. The molecule has 0 saturated carbocycles. The van der Waals surface area contributed by atoms with E-state index in [-0.39, 0.29) is 33.6 Å². The molecule has 0 aromatic heterocycles. The fourth-order valence-corrected chi connectivity index (χ4v) is 6.15. The van der Waals surface area contributed by atoms with E-state index in [1.807, 2.05) is 0 Å². The normalized spacial score (nSPS) is 18.3. The van der Waals surface area contributed by atoms with Crippen LogP contribution in [-0.4, -0.2) is 41.4 Å². The molecule has 9 nitrogen and oxygen atoms in total. The molecule has 1 fully saturated rings. The van der Waals surface area contributed by atoms with Gasteiger partial charge in [-0.2, -0.15) is 0 Å². The van der Waals surface area contributed by atoms with Crippen molar-refractivity contribution in [3.63, 3.8) is 0 Å². The second kappa shape index (κ2) is 7.73. The average Bonchev–Trinajstić information content (AvgIpc) is 2.87. The third-order valence-corrected chi connectivity index (χ3v) is 7.82. The third-order valence-electron chi connectivity index (χ3n) is 4.55. The number of Topliss-reactive ketones (excluding diaryl/α,β-unsaturated/α-hetero) is 1. The smallest absolute Gasteiger partial charge is 0.265 e. The Kier molecular flexibility index (Phi) is 5.61. The summed E-state index contributed by atoms with van der Waals surface area (Å²) in [5, 5.41) is 0. The van der Waals surface area contributed by atoms with Gasteiger partial charge in [-0.15, -0.1) is 0 Å². The number of benzene rings is 2. The third kappa shape index (κ3) is 4.03. The van der Waals surface area contributed by atoms with Crippen molar-refractivity contribution in [3.05, 3.63) is 48.0 Å². The minimum atomic E-state index is -4.24. The molecule has 160 valence electrons. The summed E-state index contributed by atoms with van der Waals surface area (Å²) in [6.45, 7) is 2.85. The lowest BCUT2D eigenvalue weighted by Crippen LogP contribution is -2.30. The highest BCUT2D eigenvalue weighted by atomic mass is 32.2. The van der Waals surface area contributed by atoms with Gasteiger partial charge >= 0.3 is 0 Å². The van der Waals surface area contributed by atoms with Gasteiger partial charge in [0.1, 0.15) is 10.6 Å². The summed E-state index contributed by atoms with van der Waals surface area (Å²) in [5.41, 5.74) is 0.371. The summed E-state index contributed by atoms with van der Waals surface area (Å²) in [7, 11) is -6.87. The molecule has 1 heterocycles. The van der Waals surface area contributed by atoms with Crippen LogP contribution in [0.2, 0.25) is 0 Å². The molecule has 1 atom stereocenters. The molecule has 0 unspecified atom stereocenters. The van der Waals surface area contributed by atoms with Gasteiger partial charge in [-0.3, -0.25) is 14.3 Å². The lowest BCUT2D eigenvalue weighted by Gasteiger charge is -2.18. The average molecular weight is 453 g/mol. The number of ketones is 1. The Balaban J connectivity index is 2.06. The molecule has 0 bridgehead atoms. The topological polar surface area (TPSA) is 127 Å². The van der Waals surface area contributed by atoms with Gasteiger partial charge in [0.25, 0.3) is 10.0 Å². The number of hydrogen-bond acceptors (Lipinski definition) is 7. The van der Waals surface area contributed by atoms with E-state index in [1.165, 1.54) is 51.3 Å². The number of hydrogen-bond donors (Lipinski definition) is 1. The van der Waals surface area contributed by atoms with E-state index in [0.717, 1.165) is 6.07 Å². The van der Waals surface area contributed by atoms with Gasteiger partial charge in [-0.1, -0.05) is 19.1 Å². The molecule has 1 aliphatic heterocycles. The van der Waals surface area contributed by atoms with Crippen LogP contribution in [0.25, 0.3) is 0 Å². The largest absolute Gasteiger partial charge is 0.495 e. The first-order valence-electron chi connectivity index (χ1n) is 8.85. The second-order valence-electron chi connectivity index (χ2n) is 6.86. The number of carbonyl (C=O) groups excluding carboxylic acids is 2. The molecule has 0 aliphatic carbocycles. The standard InChI is InChI=1S/C19H20N2O7S2/c1-12-11-29(24,25)21(19(12)23)16-7-8-17(28-3)18(10-16)30(26,27)20-15-6-4-5-14(9-15)13(2)22/h4-10,12,20H,11H2,1-3H3/t12-/m1/s1. The summed E-state index contributed by atoms with van der Waals surface area (Å²) in [5.74, 6) is -1.99. The Morgan fingerprint density at radius 1 is 1.20 bits per heavy atom. The van der Waals surface area contributed by atoms with E-state index < -0.39 is 31.9 Å². The molecule has 1 N–H and O–H groups in total. The highest BCUT2D eigenvalue weighted by Gasteiger charge is 2.42. The molecular formula is C19H20N2O7S2. The van der Waals surface area contributed by atoms with E-state index in [1.54, 1.807) is 6.07 Å². The molecule has 2 aromatic carbocycles. The predicted octanol–water partition coefficient (Wildman–Crippen LogP) is 2.01. The molecule has 3 rings (SSSR count). The van der Waals surface area contributed by atoms with E-state index in [2.05, 4.69) is 4.72 Å². The van der Waals surface area contributed by atoms with Gasteiger partial charge in [0.2, 0.25) is 15.9 Å². The minimum Gasteiger partial charge on any atom is -0.495 e. The van der Waals surface area contributed by atoms with Crippen molar-refractivity contribution in [1.82, 2.24) is 0 Å². The van der Waals surface area contributed by atoms with Crippen molar-refractivity contribution in [3.8, 4) is 5.75 Å². The SMILES string of the molecule is COc1ccc(N2C(=O)[C@H](C)CS2(=O)=O)cc1S(=O)(=O)Nc1cccc(C(C)=O)c1. The van der Waals surface area contributed by atoms with E-state index >= 15 is 0 Å². The van der Waals surface area contributed by atoms with Crippen LogP contribution in [0, 0.1) is 5.92 Å². The van der Waals surface area contributed by atoms with Gasteiger partial charge in [-0.25, -0.2) is 21.1 Å². The molecular weight excluding hydrogens is 432 g/mol. The highest BCUT2D eigenvalue weighted by Crippen LogP contribution is 2.34. The fourth-order valence-electron chi connectivity index (χ4n) is 3.10. The van der Waals surface area contributed by atoms with Crippen LogP contribution >= 0.6 is 0 Å². The van der Waals surface area contributed by atoms with E-state index in [9.17, 15) is 26.4 Å². The summed E-state index contributed by atoms with van der Waals surface area (Å²) in [4.78, 5) is 23.6. The Labute approximate surface area is 174 Å². The van der Waals surface area contributed by atoms with Crippen LogP contribution in [0.4, 0.5) is 11.4 Å². The number of carbonyl (C=O) groups is 2. The van der Waals surface area contributed by atoms with Crippen LogP contribution in [0.15, 0.2) is 47.4 Å². The van der Waals surface area contributed by atoms with Gasteiger partial charge in [0.15, 0.2) is 5.78 Å².